The molecule has 7 nitrogen and oxygen atoms in total. The molecule has 0 unspecified atom stereocenters. The molecule has 0 aliphatic heterocycles. The van der Waals surface area contributed by atoms with E-state index < -0.39 is 0 Å². The van der Waals surface area contributed by atoms with Gasteiger partial charge in [0.25, 0.3) is 11.8 Å². The normalized spacial score (nSPS) is 10.3. The first-order valence-corrected chi connectivity index (χ1v) is 9.02. The van der Waals surface area contributed by atoms with E-state index in [-0.39, 0.29) is 11.8 Å². The zero-order valence-electron chi connectivity index (χ0n) is 16.8. The number of methoxy groups -OCH3 is 2. The molecule has 29 heavy (non-hydrogen) atoms. The third-order valence-corrected chi connectivity index (χ3v) is 4.51. The molecule has 2 N–H and O–H groups in total. The van der Waals surface area contributed by atoms with Crippen molar-refractivity contribution in [3.05, 3.63) is 77.1 Å². The summed E-state index contributed by atoms with van der Waals surface area (Å²) >= 11 is 0. The molecule has 7 heteroatoms. The summed E-state index contributed by atoms with van der Waals surface area (Å²) in [4.78, 5) is 25.2. The molecule has 2 amide bonds. The zero-order chi connectivity index (χ0) is 21.0. The third-order valence-electron chi connectivity index (χ3n) is 4.51. The van der Waals surface area contributed by atoms with E-state index in [2.05, 4.69) is 10.7 Å². The van der Waals surface area contributed by atoms with Crippen molar-refractivity contribution in [2.45, 2.75) is 13.8 Å². The van der Waals surface area contributed by atoms with Gasteiger partial charge in [0.1, 0.15) is 0 Å². The zero-order valence-corrected chi connectivity index (χ0v) is 16.8. The molecule has 0 aliphatic carbocycles. The van der Waals surface area contributed by atoms with Crippen LogP contribution in [0.3, 0.4) is 0 Å². The highest BCUT2D eigenvalue weighted by molar-refractivity contribution is 6.06. The van der Waals surface area contributed by atoms with Crippen LogP contribution in [0.2, 0.25) is 0 Å². The molecule has 0 bridgehead atoms. The predicted molar refractivity (Wildman–Crippen MR) is 112 cm³/mol. The Bertz CT molecular complexity index is 1040. The van der Waals surface area contributed by atoms with Crippen molar-refractivity contribution in [2.24, 2.45) is 0 Å². The van der Waals surface area contributed by atoms with Gasteiger partial charge in [0, 0.05) is 28.2 Å². The van der Waals surface area contributed by atoms with Crippen LogP contribution in [-0.2, 0) is 0 Å². The Balaban J connectivity index is 1.76. The molecule has 1 aromatic heterocycles. The Hall–Kier alpha value is -3.74. The fraction of sp³-hybridized carbons (Fsp3) is 0.182. The van der Waals surface area contributed by atoms with Crippen molar-refractivity contribution >= 4 is 17.5 Å². The molecule has 2 aromatic carbocycles. The van der Waals surface area contributed by atoms with Gasteiger partial charge in [-0.15, -0.1) is 0 Å². The maximum absolute atomic E-state index is 12.6. The topological polar surface area (TPSA) is 81.6 Å². The van der Waals surface area contributed by atoms with Crippen molar-refractivity contribution in [1.82, 2.24) is 4.68 Å². The van der Waals surface area contributed by atoms with Crippen molar-refractivity contribution in [3.8, 4) is 11.5 Å². The minimum atomic E-state index is -0.319. The minimum absolute atomic E-state index is 0.269. The van der Waals surface area contributed by atoms with Gasteiger partial charge < -0.3 is 14.8 Å². The molecule has 0 saturated heterocycles. The molecular formula is C22H23N3O4. The average molecular weight is 393 g/mol. The van der Waals surface area contributed by atoms with Crippen LogP contribution in [0.15, 0.2) is 54.6 Å². The lowest BCUT2D eigenvalue weighted by Crippen LogP contribution is -2.24. The number of aromatic nitrogens is 1. The average Bonchev–Trinajstić information content (AvgIpc) is 3.05. The van der Waals surface area contributed by atoms with Crippen molar-refractivity contribution < 1.29 is 19.1 Å². The lowest BCUT2D eigenvalue weighted by molar-refractivity contribution is 0.100. The third kappa shape index (κ3) is 4.40. The number of benzene rings is 2. The van der Waals surface area contributed by atoms with Crippen molar-refractivity contribution in [2.75, 3.05) is 25.0 Å². The van der Waals surface area contributed by atoms with E-state index in [4.69, 9.17) is 9.47 Å². The van der Waals surface area contributed by atoms with Gasteiger partial charge in [0.05, 0.1) is 14.2 Å². The van der Waals surface area contributed by atoms with Crippen LogP contribution in [0.4, 0.5) is 5.69 Å². The number of carbonyl (C=O) groups is 2. The molecule has 150 valence electrons. The van der Waals surface area contributed by atoms with E-state index in [1.165, 1.54) is 14.2 Å². The Morgan fingerprint density at radius 1 is 0.793 bits per heavy atom. The van der Waals surface area contributed by atoms with E-state index in [1.54, 1.807) is 47.1 Å². The summed E-state index contributed by atoms with van der Waals surface area (Å²) in [6.07, 6.45) is 0. The SMILES string of the molecule is COc1ccc(C(=O)Nc2cccc(C(=O)Nn3c(C)ccc3C)c2)cc1OC. The first kappa shape index (κ1) is 20.0. The quantitative estimate of drug-likeness (QED) is 0.668. The monoisotopic (exact) mass is 393 g/mol. The number of hydrogen-bond donors (Lipinski definition) is 2. The van der Waals surface area contributed by atoms with Crippen LogP contribution >= 0.6 is 0 Å². The van der Waals surface area contributed by atoms with E-state index in [9.17, 15) is 9.59 Å². The van der Waals surface area contributed by atoms with E-state index in [1.807, 2.05) is 26.0 Å². The lowest BCUT2D eigenvalue weighted by atomic mass is 10.1. The summed E-state index contributed by atoms with van der Waals surface area (Å²) in [6.45, 7) is 3.82. The number of rotatable bonds is 6. The van der Waals surface area contributed by atoms with Gasteiger partial charge in [-0.1, -0.05) is 6.07 Å². The van der Waals surface area contributed by atoms with Gasteiger partial charge in [-0.25, -0.2) is 0 Å². The van der Waals surface area contributed by atoms with Gasteiger partial charge in [-0.3, -0.25) is 19.7 Å². The molecule has 0 saturated carbocycles. The molecule has 0 spiro atoms. The fourth-order valence-electron chi connectivity index (χ4n) is 2.93. The van der Waals surface area contributed by atoms with E-state index >= 15 is 0 Å². The Morgan fingerprint density at radius 2 is 1.45 bits per heavy atom. The molecule has 0 fully saturated rings. The van der Waals surface area contributed by atoms with Crippen LogP contribution in [0.1, 0.15) is 32.1 Å². The van der Waals surface area contributed by atoms with Crippen LogP contribution in [-0.4, -0.2) is 30.7 Å². The van der Waals surface area contributed by atoms with Crippen LogP contribution in [0, 0.1) is 13.8 Å². The minimum Gasteiger partial charge on any atom is -0.493 e. The predicted octanol–water partition coefficient (Wildman–Crippen LogP) is 3.76. The van der Waals surface area contributed by atoms with Crippen LogP contribution < -0.4 is 20.2 Å². The number of hydrogen-bond acceptors (Lipinski definition) is 4. The number of nitrogens with one attached hydrogen (secondary N) is 2. The summed E-state index contributed by atoms with van der Waals surface area (Å²) in [5, 5.41) is 2.80. The smallest absolute Gasteiger partial charge is 0.270 e. The standard InChI is InChI=1S/C22H23N3O4/c1-14-8-9-15(2)25(14)24-22(27)16-6-5-7-18(12-16)23-21(26)17-10-11-19(28-3)20(13-17)29-4/h5-13H,1-4H3,(H,23,26)(H,24,27). The number of ether oxygens (including phenoxy) is 2. The molecule has 0 radical (unpaired) electrons. The highest BCUT2D eigenvalue weighted by Crippen LogP contribution is 2.28. The second kappa shape index (κ2) is 8.52. The summed E-state index contributed by atoms with van der Waals surface area (Å²) in [5.74, 6) is 0.416. The highest BCUT2D eigenvalue weighted by Gasteiger charge is 2.13. The Kier molecular flexibility index (Phi) is 5.87. The molecule has 3 rings (SSSR count). The highest BCUT2D eigenvalue weighted by atomic mass is 16.5. The van der Waals surface area contributed by atoms with Gasteiger partial charge in [-0.05, 0) is 62.4 Å². The molecule has 1 heterocycles. The number of carbonyl (C=O) groups excluding carboxylic acids is 2. The summed E-state index contributed by atoms with van der Waals surface area (Å²) in [6, 6.07) is 15.5. The maximum Gasteiger partial charge on any atom is 0.270 e. The van der Waals surface area contributed by atoms with Gasteiger partial charge in [0.2, 0.25) is 0 Å². The largest absolute Gasteiger partial charge is 0.493 e. The Labute approximate surface area is 169 Å². The fourth-order valence-corrected chi connectivity index (χ4v) is 2.93. The molecule has 3 aromatic rings. The van der Waals surface area contributed by atoms with Crippen molar-refractivity contribution in [3.63, 3.8) is 0 Å². The van der Waals surface area contributed by atoms with E-state index in [0.29, 0.717) is 28.3 Å². The maximum atomic E-state index is 12.6. The number of nitrogens with zero attached hydrogens (tertiary/aromatic N) is 1. The first-order chi connectivity index (χ1) is 13.9. The second-order valence-corrected chi connectivity index (χ2v) is 6.50. The molecular weight excluding hydrogens is 370 g/mol. The summed E-state index contributed by atoms with van der Waals surface area (Å²) in [5.41, 5.74) is 6.06. The molecule has 0 atom stereocenters. The van der Waals surface area contributed by atoms with Crippen LogP contribution in [0.25, 0.3) is 0 Å². The first-order valence-electron chi connectivity index (χ1n) is 9.02. The number of anilines is 1. The van der Waals surface area contributed by atoms with Gasteiger partial charge >= 0.3 is 0 Å². The number of aryl methyl sites for hydroxylation is 2. The van der Waals surface area contributed by atoms with Crippen LogP contribution in [0.5, 0.6) is 11.5 Å². The summed E-state index contributed by atoms with van der Waals surface area (Å²) in [7, 11) is 3.04. The van der Waals surface area contributed by atoms with Gasteiger partial charge in [0.15, 0.2) is 11.5 Å². The second-order valence-electron chi connectivity index (χ2n) is 6.50. The van der Waals surface area contributed by atoms with E-state index in [0.717, 1.165) is 11.4 Å². The van der Waals surface area contributed by atoms with Gasteiger partial charge in [-0.2, -0.15) is 0 Å². The summed E-state index contributed by atoms with van der Waals surface area (Å²) < 4.78 is 12.1. The number of amides is 2. The molecule has 0 aliphatic rings. The van der Waals surface area contributed by atoms with Crippen molar-refractivity contribution in [1.29, 1.82) is 0 Å². The Morgan fingerprint density at radius 3 is 2.10 bits per heavy atom. The lowest BCUT2D eigenvalue weighted by Gasteiger charge is -2.13.